The number of allylic oxidation sites excluding steroid dienone is 3. The van der Waals surface area contributed by atoms with Crippen LogP contribution < -0.4 is 0 Å². The molecular weight excluding hydrogens is 472 g/mol. The minimum atomic E-state index is -1.04. The Labute approximate surface area is 212 Å². The normalized spacial score (nSPS) is 16.1. The van der Waals surface area contributed by atoms with Crippen LogP contribution in [0.1, 0.15) is 37.8 Å². The van der Waals surface area contributed by atoms with E-state index in [2.05, 4.69) is 15.0 Å². The van der Waals surface area contributed by atoms with Crippen LogP contribution >= 0.6 is 11.3 Å². The van der Waals surface area contributed by atoms with Crippen molar-refractivity contribution in [1.82, 2.24) is 19.9 Å². The largest absolute Gasteiger partial charge is 0.478 e. The zero-order chi connectivity index (χ0) is 25.4. The highest BCUT2D eigenvalue weighted by Crippen LogP contribution is 2.45. The maximum atomic E-state index is 13.0. The lowest BCUT2D eigenvalue weighted by Gasteiger charge is -2.37. The summed E-state index contributed by atoms with van der Waals surface area (Å²) in [6.07, 6.45) is 6.97. The highest BCUT2D eigenvalue weighted by atomic mass is 32.1. The number of carboxylic acid groups (broad SMARTS) is 1. The number of fused-ring (bicyclic) bond motifs is 1. The van der Waals surface area contributed by atoms with E-state index in [0.717, 1.165) is 38.3 Å². The van der Waals surface area contributed by atoms with Crippen LogP contribution in [0, 0.1) is 0 Å². The number of carboxylic acids is 1. The molecule has 0 bridgehead atoms. The quantitative estimate of drug-likeness (QED) is 0.372. The van der Waals surface area contributed by atoms with Gasteiger partial charge in [0.15, 0.2) is 5.78 Å². The minimum absolute atomic E-state index is 0.151. The first-order valence-electron chi connectivity index (χ1n) is 11.5. The Morgan fingerprint density at radius 2 is 1.78 bits per heavy atom. The molecule has 4 aromatic heterocycles. The highest BCUT2D eigenvalue weighted by Gasteiger charge is 2.39. The molecule has 4 aromatic rings. The molecule has 8 heteroatoms. The molecule has 7 nitrogen and oxygen atoms in total. The smallest absolute Gasteiger partial charge is 0.334 e. The molecule has 5 rings (SSSR count). The molecule has 180 valence electrons. The maximum absolute atomic E-state index is 13.0. The number of aromatic nitrogens is 3. The number of thiophene rings is 1. The predicted octanol–water partition coefficient (Wildman–Crippen LogP) is 5.57. The van der Waals surface area contributed by atoms with Crippen LogP contribution in [0.4, 0.5) is 0 Å². The molecule has 1 atom stereocenters. The predicted molar refractivity (Wildman–Crippen MR) is 139 cm³/mol. The van der Waals surface area contributed by atoms with Gasteiger partial charge in [-0.25, -0.2) is 9.78 Å². The number of carbonyl (C=O) groups is 2. The average Bonchev–Trinajstić information content (AvgIpc) is 3.30. The average molecular weight is 497 g/mol. The summed E-state index contributed by atoms with van der Waals surface area (Å²) in [7, 11) is 0. The van der Waals surface area contributed by atoms with Crippen molar-refractivity contribution in [2.45, 2.75) is 33.2 Å². The maximum Gasteiger partial charge on any atom is 0.334 e. The van der Waals surface area contributed by atoms with Crippen molar-refractivity contribution in [3.8, 4) is 11.3 Å². The van der Waals surface area contributed by atoms with Crippen molar-refractivity contribution in [1.29, 1.82) is 0 Å². The monoisotopic (exact) mass is 496 g/mol. The van der Waals surface area contributed by atoms with E-state index >= 15 is 0 Å². The number of rotatable bonds is 6. The van der Waals surface area contributed by atoms with Gasteiger partial charge in [0.1, 0.15) is 4.83 Å². The number of carbonyl (C=O) groups excluding carboxylic acids is 1. The zero-order valence-corrected chi connectivity index (χ0v) is 20.9. The number of hydrogen-bond acceptors (Lipinski definition) is 7. The lowest BCUT2D eigenvalue weighted by atomic mass is 9.78. The molecule has 0 spiro atoms. The first-order valence-corrected chi connectivity index (χ1v) is 12.4. The molecule has 1 N–H and O–H groups in total. The van der Waals surface area contributed by atoms with Gasteiger partial charge in [-0.2, -0.15) is 0 Å². The number of pyridine rings is 3. The third-order valence-corrected chi connectivity index (χ3v) is 7.51. The SMILES string of the molecule is CC(=O)C1=C(C)N(Cc2ccc(-c3cccnc3)nc2)C(C)=C(C(=O)O)C1c1csc2ncccc12. The molecule has 0 aliphatic carbocycles. The summed E-state index contributed by atoms with van der Waals surface area (Å²) in [6.45, 7) is 5.59. The standard InChI is InChI=1S/C28H24N4O3S/c1-16-24(18(3)33)26(22-15-36-27-21(22)7-5-11-30-27)25(28(34)35)17(2)32(16)14-19-8-9-23(31-12-19)20-6-4-10-29-13-20/h4-13,15,26H,14H2,1-3H3,(H,34,35). The molecule has 0 aromatic carbocycles. The molecule has 0 amide bonds. The van der Waals surface area contributed by atoms with E-state index in [9.17, 15) is 14.7 Å². The molecule has 1 aliphatic heterocycles. The highest BCUT2D eigenvalue weighted by molar-refractivity contribution is 7.16. The number of nitrogens with zero attached hydrogens (tertiary/aromatic N) is 4. The molecular formula is C28H24N4O3S. The topological polar surface area (TPSA) is 96.3 Å². The summed E-state index contributed by atoms with van der Waals surface area (Å²) in [5.74, 6) is -1.86. The molecule has 1 unspecified atom stereocenters. The van der Waals surface area contributed by atoms with Gasteiger partial charge in [-0.05, 0) is 61.5 Å². The second-order valence-electron chi connectivity index (χ2n) is 8.72. The van der Waals surface area contributed by atoms with Crippen molar-refractivity contribution in [3.63, 3.8) is 0 Å². The fourth-order valence-electron chi connectivity index (χ4n) is 4.89. The Kier molecular flexibility index (Phi) is 6.20. The van der Waals surface area contributed by atoms with Crippen molar-refractivity contribution >= 4 is 33.3 Å². The van der Waals surface area contributed by atoms with Crippen molar-refractivity contribution < 1.29 is 14.7 Å². The Morgan fingerprint density at radius 1 is 1.00 bits per heavy atom. The Morgan fingerprint density at radius 3 is 2.44 bits per heavy atom. The second kappa shape index (κ2) is 9.47. The Hall–Kier alpha value is -4.17. The number of aliphatic carboxylic acids is 1. The Bertz CT molecular complexity index is 1500. The Balaban J connectivity index is 1.58. The molecule has 36 heavy (non-hydrogen) atoms. The van der Waals surface area contributed by atoms with E-state index in [1.165, 1.54) is 18.3 Å². The van der Waals surface area contributed by atoms with E-state index in [1.54, 1.807) is 31.7 Å². The first kappa shape index (κ1) is 23.6. The van der Waals surface area contributed by atoms with Gasteiger partial charge < -0.3 is 10.0 Å². The summed E-state index contributed by atoms with van der Waals surface area (Å²) in [4.78, 5) is 41.5. The summed E-state index contributed by atoms with van der Waals surface area (Å²) < 4.78 is 0. The third kappa shape index (κ3) is 4.09. The van der Waals surface area contributed by atoms with E-state index in [0.29, 0.717) is 17.8 Å². The fraction of sp³-hybridized carbons (Fsp3) is 0.179. The van der Waals surface area contributed by atoms with Crippen LogP contribution in [0.5, 0.6) is 0 Å². The number of ketones is 1. The molecule has 0 saturated carbocycles. The van der Waals surface area contributed by atoms with E-state index in [1.807, 2.05) is 53.6 Å². The van der Waals surface area contributed by atoms with E-state index in [-0.39, 0.29) is 11.4 Å². The van der Waals surface area contributed by atoms with Gasteiger partial charge in [-0.1, -0.05) is 12.1 Å². The van der Waals surface area contributed by atoms with Crippen LogP contribution in [0.25, 0.3) is 21.5 Å². The van der Waals surface area contributed by atoms with E-state index < -0.39 is 11.9 Å². The van der Waals surface area contributed by atoms with E-state index in [4.69, 9.17) is 0 Å². The van der Waals surface area contributed by atoms with Gasteiger partial charge in [0.25, 0.3) is 0 Å². The lowest BCUT2D eigenvalue weighted by Crippen LogP contribution is -2.33. The summed E-state index contributed by atoms with van der Waals surface area (Å²) in [6, 6.07) is 11.5. The van der Waals surface area contributed by atoms with Gasteiger partial charge in [-0.15, -0.1) is 11.3 Å². The molecule has 5 heterocycles. The lowest BCUT2D eigenvalue weighted by molar-refractivity contribution is -0.133. The second-order valence-corrected chi connectivity index (χ2v) is 9.58. The number of hydrogen-bond donors (Lipinski definition) is 1. The first-order chi connectivity index (χ1) is 17.4. The van der Waals surface area contributed by atoms with Gasteiger partial charge >= 0.3 is 5.97 Å². The minimum Gasteiger partial charge on any atom is -0.478 e. The number of Topliss-reactive ketones (excluding diaryl/α,β-unsaturated/α-hetero) is 1. The molecule has 0 radical (unpaired) electrons. The van der Waals surface area contributed by atoms with Crippen LogP contribution in [0.15, 0.2) is 89.1 Å². The summed E-state index contributed by atoms with van der Waals surface area (Å²) in [5.41, 5.74) is 5.46. The third-order valence-electron chi connectivity index (χ3n) is 6.59. The summed E-state index contributed by atoms with van der Waals surface area (Å²) >= 11 is 1.45. The van der Waals surface area contributed by atoms with Gasteiger partial charge in [-0.3, -0.25) is 14.8 Å². The molecule has 0 saturated heterocycles. The van der Waals surface area contributed by atoms with Gasteiger partial charge in [0.2, 0.25) is 0 Å². The van der Waals surface area contributed by atoms with Gasteiger partial charge in [0.05, 0.1) is 11.3 Å². The van der Waals surface area contributed by atoms with Crippen LogP contribution in [-0.2, 0) is 16.1 Å². The zero-order valence-electron chi connectivity index (χ0n) is 20.1. The van der Waals surface area contributed by atoms with Gasteiger partial charge in [0, 0.05) is 65.2 Å². The molecule has 1 aliphatic rings. The van der Waals surface area contributed by atoms with Crippen LogP contribution in [0.2, 0.25) is 0 Å². The fourth-order valence-corrected chi connectivity index (χ4v) is 5.82. The van der Waals surface area contributed by atoms with Crippen LogP contribution in [-0.4, -0.2) is 36.7 Å². The summed E-state index contributed by atoms with van der Waals surface area (Å²) in [5, 5.41) is 13.1. The van der Waals surface area contributed by atoms with Crippen molar-refractivity contribution in [2.75, 3.05) is 0 Å². The molecule has 0 fully saturated rings. The van der Waals surface area contributed by atoms with Crippen molar-refractivity contribution in [2.24, 2.45) is 0 Å². The van der Waals surface area contributed by atoms with Crippen LogP contribution in [0.3, 0.4) is 0 Å². The van der Waals surface area contributed by atoms with Crippen molar-refractivity contribution in [3.05, 3.63) is 100 Å².